The summed E-state index contributed by atoms with van der Waals surface area (Å²) in [5.74, 6) is 0.207. The topological polar surface area (TPSA) is 78.0 Å². The Kier molecular flexibility index (Phi) is 4.82. The second-order valence-corrected chi connectivity index (χ2v) is 9.46. The number of aromatic nitrogens is 2. The first kappa shape index (κ1) is 18.3. The van der Waals surface area contributed by atoms with Crippen molar-refractivity contribution in [3.05, 3.63) is 51.1 Å². The van der Waals surface area contributed by atoms with Gasteiger partial charge in [0.15, 0.2) is 5.16 Å². The molecule has 0 spiro atoms. The van der Waals surface area contributed by atoms with Crippen LogP contribution in [0.5, 0.6) is 0 Å². The Labute approximate surface area is 165 Å². The fourth-order valence-corrected chi connectivity index (χ4v) is 5.77. The maximum absolute atomic E-state index is 13.5. The number of benzene rings is 1. The molecule has 2 aromatic heterocycles. The molecule has 0 aliphatic heterocycles. The lowest BCUT2D eigenvalue weighted by Crippen LogP contribution is -2.26. The number of primary amides is 1. The van der Waals surface area contributed by atoms with Gasteiger partial charge in [-0.05, 0) is 49.8 Å². The highest BCUT2D eigenvalue weighted by atomic mass is 32.2. The van der Waals surface area contributed by atoms with E-state index >= 15 is 0 Å². The van der Waals surface area contributed by atoms with Crippen LogP contribution in [0.3, 0.4) is 0 Å². The molecule has 1 aliphatic rings. The van der Waals surface area contributed by atoms with E-state index in [2.05, 4.69) is 6.92 Å². The van der Waals surface area contributed by atoms with E-state index in [1.54, 1.807) is 22.8 Å². The third kappa shape index (κ3) is 3.30. The molecule has 0 saturated carbocycles. The number of rotatable bonds is 4. The largest absolute Gasteiger partial charge is 0.369 e. The summed E-state index contributed by atoms with van der Waals surface area (Å²) in [7, 11) is 0. The molecule has 0 saturated heterocycles. The van der Waals surface area contributed by atoms with Gasteiger partial charge in [0, 0.05) is 4.88 Å². The third-order valence-corrected chi connectivity index (χ3v) is 7.21. The summed E-state index contributed by atoms with van der Waals surface area (Å²) in [6.45, 7) is 3.98. The average Bonchev–Trinajstić information content (AvgIpc) is 2.99. The summed E-state index contributed by atoms with van der Waals surface area (Å²) in [5, 5.41) is 0.775. The molecule has 0 bridgehead atoms. The SMILES string of the molecule is C[C@@H]1CCc2c(sc3nc(S[C@H](C)C(N)=O)n(-c4ccccc4)c(=O)c23)C1. The highest BCUT2D eigenvalue weighted by Crippen LogP contribution is 2.37. The Balaban J connectivity index is 1.97. The summed E-state index contributed by atoms with van der Waals surface area (Å²) in [4.78, 5) is 31.9. The number of nitrogens with two attached hydrogens (primary N) is 1. The second kappa shape index (κ2) is 7.13. The minimum atomic E-state index is -0.473. The van der Waals surface area contributed by atoms with Gasteiger partial charge >= 0.3 is 0 Å². The zero-order valence-corrected chi connectivity index (χ0v) is 16.9. The summed E-state index contributed by atoms with van der Waals surface area (Å²) in [5.41, 5.74) is 7.30. The van der Waals surface area contributed by atoms with E-state index in [0.717, 1.165) is 40.7 Å². The normalized spacial score (nSPS) is 17.6. The molecule has 0 radical (unpaired) electrons. The molecule has 1 aliphatic carbocycles. The molecular formula is C20H21N3O2S2. The Morgan fingerprint density at radius 2 is 2.11 bits per heavy atom. The van der Waals surface area contributed by atoms with Crippen LogP contribution in [-0.2, 0) is 17.6 Å². The van der Waals surface area contributed by atoms with Gasteiger partial charge in [0.1, 0.15) is 4.83 Å². The summed E-state index contributed by atoms with van der Waals surface area (Å²) < 4.78 is 1.62. The Morgan fingerprint density at radius 3 is 2.81 bits per heavy atom. The lowest BCUT2D eigenvalue weighted by molar-refractivity contribution is -0.117. The average molecular weight is 400 g/mol. The highest BCUT2D eigenvalue weighted by Gasteiger charge is 2.26. The number of aryl methyl sites for hydroxylation is 1. The van der Waals surface area contributed by atoms with E-state index < -0.39 is 11.2 Å². The number of hydrogen-bond donors (Lipinski definition) is 1. The number of carbonyl (C=O) groups is 1. The lowest BCUT2D eigenvalue weighted by atomic mass is 9.89. The van der Waals surface area contributed by atoms with Gasteiger partial charge in [0.25, 0.3) is 5.56 Å². The van der Waals surface area contributed by atoms with Crippen LogP contribution < -0.4 is 11.3 Å². The molecule has 2 N–H and O–H groups in total. The van der Waals surface area contributed by atoms with Crippen molar-refractivity contribution < 1.29 is 4.79 Å². The van der Waals surface area contributed by atoms with Crippen molar-refractivity contribution in [2.24, 2.45) is 11.7 Å². The minimum Gasteiger partial charge on any atom is -0.369 e. The quantitative estimate of drug-likeness (QED) is 0.538. The zero-order valence-electron chi connectivity index (χ0n) is 15.3. The second-order valence-electron chi connectivity index (χ2n) is 7.06. The maximum atomic E-state index is 13.5. The van der Waals surface area contributed by atoms with E-state index in [1.165, 1.54) is 16.6 Å². The minimum absolute atomic E-state index is 0.0579. The van der Waals surface area contributed by atoms with Gasteiger partial charge in [0.2, 0.25) is 5.91 Å². The van der Waals surface area contributed by atoms with Crippen LogP contribution in [0.2, 0.25) is 0 Å². The molecule has 1 aromatic carbocycles. The number of nitrogens with zero attached hydrogens (tertiary/aromatic N) is 2. The molecule has 5 nitrogen and oxygen atoms in total. The van der Waals surface area contributed by atoms with Gasteiger partial charge in [0.05, 0.1) is 16.3 Å². The molecule has 4 rings (SSSR count). The van der Waals surface area contributed by atoms with Crippen LogP contribution >= 0.6 is 23.1 Å². The summed E-state index contributed by atoms with van der Waals surface area (Å²) in [6.07, 6.45) is 3.02. The van der Waals surface area contributed by atoms with Gasteiger partial charge in [-0.15, -0.1) is 11.3 Å². The highest BCUT2D eigenvalue weighted by molar-refractivity contribution is 8.00. The lowest BCUT2D eigenvalue weighted by Gasteiger charge is -2.18. The molecule has 2 heterocycles. The third-order valence-electron chi connectivity index (χ3n) is 5.00. The van der Waals surface area contributed by atoms with Crippen molar-refractivity contribution in [3.8, 4) is 5.69 Å². The standard InChI is InChI=1S/C20H21N3O2S2/c1-11-8-9-14-15(10-11)27-18-16(14)19(25)23(13-6-4-3-5-7-13)20(22-18)26-12(2)17(21)24/h3-7,11-12H,8-10H2,1-2H3,(H2,21,24)/t11-,12-/m1/s1. The van der Waals surface area contributed by atoms with Crippen LogP contribution in [0.4, 0.5) is 0 Å². The van der Waals surface area contributed by atoms with Crippen LogP contribution in [0.15, 0.2) is 40.3 Å². The number of fused-ring (bicyclic) bond motifs is 3. The first-order valence-corrected chi connectivity index (χ1v) is 10.7. The van der Waals surface area contributed by atoms with Gasteiger partial charge in [-0.25, -0.2) is 4.98 Å². The van der Waals surface area contributed by atoms with Crippen LogP contribution in [-0.4, -0.2) is 20.7 Å². The zero-order chi connectivity index (χ0) is 19.1. The van der Waals surface area contributed by atoms with Crippen molar-refractivity contribution in [1.29, 1.82) is 0 Å². The number of hydrogen-bond acceptors (Lipinski definition) is 5. The maximum Gasteiger partial charge on any atom is 0.267 e. The van der Waals surface area contributed by atoms with Crippen molar-refractivity contribution in [1.82, 2.24) is 9.55 Å². The predicted molar refractivity (Wildman–Crippen MR) is 111 cm³/mol. The van der Waals surface area contributed by atoms with Crippen molar-refractivity contribution in [2.75, 3.05) is 0 Å². The fraction of sp³-hybridized carbons (Fsp3) is 0.350. The Bertz CT molecular complexity index is 1070. The van der Waals surface area contributed by atoms with Crippen LogP contribution in [0.1, 0.15) is 30.7 Å². The van der Waals surface area contributed by atoms with E-state index in [1.807, 2.05) is 30.3 Å². The predicted octanol–water partition coefficient (Wildman–Crippen LogP) is 3.54. The molecule has 2 atom stereocenters. The van der Waals surface area contributed by atoms with Gasteiger partial charge in [-0.3, -0.25) is 14.2 Å². The van der Waals surface area contributed by atoms with Crippen molar-refractivity contribution >= 4 is 39.2 Å². The Morgan fingerprint density at radius 1 is 1.37 bits per heavy atom. The molecule has 7 heteroatoms. The van der Waals surface area contributed by atoms with Crippen molar-refractivity contribution in [2.45, 2.75) is 43.5 Å². The first-order chi connectivity index (χ1) is 13.0. The van der Waals surface area contributed by atoms with Crippen LogP contribution in [0.25, 0.3) is 15.9 Å². The number of para-hydroxylation sites is 1. The van der Waals surface area contributed by atoms with Gasteiger partial charge in [-0.2, -0.15) is 0 Å². The van der Waals surface area contributed by atoms with Gasteiger partial charge in [-0.1, -0.05) is 36.9 Å². The smallest absolute Gasteiger partial charge is 0.267 e. The monoisotopic (exact) mass is 399 g/mol. The Hall–Kier alpha value is -2.12. The number of amides is 1. The van der Waals surface area contributed by atoms with E-state index in [0.29, 0.717) is 11.1 Å². The number of thioether (sulfide) groups is 1. The van der Waals surface area contributed by atoms with Gasteiger partial charge < -0.3 is 5.73 Å². The molecule has 0 fully saturated rings. The van der Waals surface area contributed by atoms with E-state index in [4.69, 9.17) is 10.7 Å². The van der Waals surface area contributed by atoms with E-state index in [-0.39, 0.29) is 5.56 Å². The molecule has 140 valence electrons. The molecule has 1 amide bonds. The number of thiophene rings is 1. The molecule has 0 unspecified atom stereocenters. The van der Waals surface area contributed by atoms with E-state index in [9.17, 15) is 9.59 Å². The molecular weight excluding hydrogens is 378 g/mol. The number of carbonyl (C=O) groups excluding carboxylic acids is 1. The summed E-state index contributed by atoms with van der Waals surface area (Å²) in [6, 6.07) is 9.46. The van der Waals surface area contributed by atoms with Crippen LogP contribution in [0, 0.1) is 5.92 Å². The van der Waals surface area contributed by atoms with Crippen molar-refractivity contribution in [3.63, 3.8) is 0 Å². The molecule has 27 heavy (non-hydrogen) atoms. The summed E-state index contributed by atoms with van der Waals surface area (Å²) >= 11 is 2.85. The fourth-order valence-electron chi connectivity index (χ4n) is 3.47. The molecule has 3 aromatic rings. The first-order valence-electron chi connectivity index (χ1n) is 9.04.